The van der Waals surface area contributed by atoms with E-state index in [2.05, 4.69) is 5.32 Å². The first-order chi connectivity index (χ1) is 4.31. The summed E-state index contributed by atoms with van der Waals surface area (Å²) in [7, 11) is 1.74. The molecule has 0 radical (unpaired) electrons. The first kappa shape index (κ1) is 8.59. The molecule has 0 aliphatic rings. The van der Waals surface area contributed by atoms with Gasteiger partial charge in [-0.25, -0.2) is 4.39 Å². The van der Waals surface area contributed by atoms with Crippen LogP contribution >= 0.6 is 0 Å². The maximum absolute atomic E-state index is 11.3. The van der Waals surface area contributed by atoms with Gasteiger partial charge in [0.15, 0.2) is 0 Å². The number of aliphatic hydroxyl groups excluding tert-OH is 1. The highest BCUT2D eigenvalue weighted by atomic mass is 19.1. The fraction of sp³-hybridized carbons (Fsp3) is 0.667. The van der Waals surface area contributed by atoms with Crippen LogP contribution in [-0.2, 0) is 0 Å². The van der Waals surface area contributed by atoms with Crippen molar-refractivity contribution in [2.24, 2.45) is 0 Å². The minimum atomic E-state index is -0.470. The van der Waals surface area contributed by atoms with E-state index < -0.39 is 6.10 Å². The van der Waals surface area contributed by atoms with Crippen LogP contribution in [0.25, 0.3) is 0 Å². The van der Waals surface area contributed by atoms with Gasteiger partial charge >= 0.3 is 0 Å². The Morgan fingerprint density at radius 2 is 2.44 bits per heavy atom. The summed E-state index contributed by atoms with van der Waals surface area (Å²) in [4.78, 5) is 0. The summed E-state index contributed by atoms with van der Waals surface area (Å²) in [5.74, 6) is 0. The molecule has 0 saturated carbocycles. The minimum absolute atomic E-state index is 0.372. The molecular weight excluding hydrogens is 121 g/mol. The maximum atomic E-state index is 11.3. The molecule has 2 N–H and O–H groups in total. The standard InChI is InChI=1S/C6H12FNO/c1-8-5-6(9)3-2-4-7/h2,4,6,8-9H,3,5H2,1H3/b4-2+/t6-/m0/s1. The van der Waals surface area contributed by atoms with Crippen LogP contribution in [0.3, 0.4) is 0 Å². The van der Waals surface area contributed by atoms with Crippen molar-refractivity contribution in [3.63, 3.8) is 0 Å². The molecule has 0 saturated heterocycles. The summed E-state index contributed by atoms with van der Waals surface area (Å²) in [6.07, 6.45) is 1.64. The number of rotatable bonds is 4. The van der Waals surface area contributed by atoms with Gasteiger partial charge in [-0.3, -0.25) is 0 Å². The number of halogens is 1. The molecule has 0 bridgehead atoms. The van der Waals surface area contributed by atoms with Gasteiger partial charge in [0.1, 0.15) is 0 Å². The van der Waals surface area contributed by atoms with E-state index >= 15 is 0 Å². The highest BCUT2D eigenvalue weighted by molar-refractivity contribution is 4.76. The SMILES string of the molecule is CNC[C@@H](O)C/C=C/F. The normalized spacial score (nSPS) is 14.6. The molecule has 2 nitrogen and oxygen atoms in total. The van der Waals surface area contributed by atoms with Gasteiger partial charge in [0, 0.05) is 6.54 Å². The topological polar surface area (TPSA) is 32.3 Å². The fourth-order valence-electron chi connectivity index (χ4n) is 0.527. The molecule has 0 fully saturated rings. The van der Waals surface area contributed by atoms with Crippen LogP contribution in [0.5, 0.6) is 0 Å². The Hall–Kier alpha value is -0.410. The molecule has 0 aliphatic carbocycles. The second-order valence-electron chi connectivity index (χ2n) is 1.81. The van der Waals surface area contributed by atoms with Crippen molar-refractivity contribution in [2.45, 2.75) is 12.5 Å². The molecule has 0 aromatic rings. The van der Waals surface area contributed by atoms with E-state index in [-0.39, 0.29) is 0 Å². The second kappa shape index (κ2) is 5.72. The third kappa shape index (κ3) is 5.46. The van der Waals surface area contributed by atoms with Gasteiger partial charge in [-0.05, 0) is 13.5 Å². The zero-order valence-corrected chi connectivity index (χ0v) is 5.47. The Labute approximate surface area is 54.4 Å². The summed E-state index contributed by atoms with van der Waals surface area (Å²) in [5.41, 5.74) is 0. The molecule has 54 valence electrons. The lowest BCUT2D eigenvalue weighted by molar-refractivity contribution is 0.177. The summed E-state index contributed by atoms with van der Waals surface area (Å²) in [6, 6.07) is 0. The average molecular weight is 133 g/mol. The van der Waals surface area contributed by atoms with Gasteiger partial charge in [-0.1, -0.05) is 6.08 Å². The van der Waals surface area contributed by atoms with Gasteiger partial charge < -0.3 is 10.4 Å². The van der Waals surface area contributed by atoms with E-state index in [9.17, 15) is 4.39 Å². The Balaban J connectivity index is 3.15. The summed E-state index contributed by atoms with van der Waals surface area (Å²) in [6.45, 7) is 0.504. The van der Waals surface area contributed by atoms with Crippen LogP contribution < -0.4 is 5.32 Å². The fourth-order valence-corrected chi connectivity index (χ4v) is 0.527. The number of likely N-dealkylation sites (N-methyl/N-ethyl adjacent to an activating group) is 1. The summed E-state index contributed by atoms with van der Waals surface area (Å²) < 4.78 is 11.3. The van der Waals surface area contributed by atoms with Crippen molar-refractivity contribution in [2.75, 3.05) is 13.6 Å². The molecule has 1 atom stereocenters. The molecule has 0 aromatic carbocycles. The Bertz CT molecular complexity index is 85.1. The van der Waals surface area contributed by atoms with Gasteiger partial charge in [0.05, 0.1) is 12.4 Å². The van der Waals surface area contributed by atoms with Gasteiger partial charge in [0.2, 0.25) is 0 Å². The molecular formula is C6H12FNO. The van der Waals surface area contributed by atoms with Crippen molar-refractivity contribution < 1.29 is 9.50 Å². The quantitative estimate of drug-likeness (QED) is 0.583. The lowest BCUT2D eigenvalue weighted by Gasteiger charge is -2.04. The molecule has 3 heteroatoms. The van der Waals surface area contributed by atoms with Crippen LogP contribution in [0, 0.1) is 0 Å². The third-order valence-electron chi connectivity index (χ3n) is 0.937. The third-order valence-corrected chi connectivity index (χ3v) is 0.937. The molecule has 0 aromatic heterocycles. The zero-order valence-electron chi connectivity index (χ0n) is 5.47. The van der Waals surface area contributed by atoms with Gasteiger partial charge in [0.25, 0.3) is 0 Å². The van der Waals surface area contributed by atoms with Crippen LogP contribution in [0.1, 0.15) is 6.42 Å². The monoisotopic (exact) mass is 133 g/mol. The Kier molecular flexibility index (Phi) is 5.46. The van der Waals surface area contributed by atoms with Crippen LogP contribution in [0.2, 0.25) is 0 Å². The first-order valence-electron chi connectivity index (χ1n) is 2.89. The molecule has 0 heterocycles. The molecule has 0 amide bonds. The Morgan fingerprint density at radius 1 is 1.78 bits per heavy atom. The smallest absolute Gasteiger partial charge is 0.0828 e. The molecule has 0 aliphatic heterocycles. The van der Waals surface area contributed by atoms with Crippen molar-refractivity contribution in [1.82, 2.24) is 5.32 Å². The van der Waals surface area contributed by atoms with E-state index in [1.165, 1.54) is 6.08 Å². The van der Waals surface area contributed by atoms with E-state index in [0.717, 1.165) is 0 Å². The van der Waals surface area contributed by atoms with Crippen LogP contribution in [0.4, 0.5) is 4.39 Å². The predicted molar refractivity (Wildman–Crippen MR) is 34.8 cm³/mol. The predicted octanol–water partition coefficient (Wildman–Crippen LogP) is 0.440. The minimum Gasteiger partial charge on any atom is -0.391 e. The van der Waals surface area contributed by atoms with E-state index in [0.29, 0.717) is 19.3 Å². The zero-order chi connectivity index (χ0) is 7.11. The molecule has 0 spiro atoms. The Morgan fingerprint density at radius 3 is 2.89 bits per heavy atom. The number of nitrogens with one attached hydrogen (secondary N) is 1. The summed E-state index contributed by atoms with van der Waals surface area (Å²) in [5, 5.41) is 11.7. The van der Waals surface area contributed by atoms with Crippen molar-refractivity contribution >= 4 is 0 Å². The van der Waals surface area contributed by atoms with Gasteiger partial charge in [-0.2, -0.15) is 0 Å². The highest BCUT2D eigenvalue weighted by Crippen LogP contribution is 1.90. The van der Waals surface area contributed by atoms with Crippen molar-refractivity contribution in [3.8, 4) is 0 Å². The molecule has 0 rings (SSSR count). The average Bonchev–Trinajstić information content (AvgIpc) is 1.85. The van der Waals surface area contributed by atoms with Crippen molar-refractivity contribution in [3.05, 3.63) is 12.4 Å². The number of aliphatic hydroxyl groups is 1. The first-order valence-corrected chi connectivity index (χ1v) is 2.89. The second-order valence-corrected chi connectivity index (χ2v) is 1.81. The lowest BCUT2D eigenvalue weighted by atomic mass is 10.2. The van der Waals surface area contributed by atoms with Crippen LogP contribution in [-0.4, -0.2) is 24.8 Å². The number of hydrogen-bond donors (Lipinski definition) is 2. The number of hydrogen-bond acceptors (Lipinski definition) is 2. The van der Waals surface area contributed by atoms with Crippen molar-refractivity contribution in [1.29, 1.82) is 0 Å². The molecule has 0 unspecified atom stereocenters. The largest absolute Gasteiger partial charge is 0.391 e. The van der Waals surface area contributed by atoms with Gasteiger partial charge in [-0.15, -0.1) is 0 Å². The van der Waals surface area contributed by atoms with E-state index in [1.54, 1.807) is 7.05 Å². The maximum Gasteiger partial charge on any atom is 0.0828 e. The lowest BCUT2D eigenvalue weighted by Crippen LogP contribution is -2.22. The van der Waals surface area contributed by atoms with E-state index in [4.69, 9.17) is 5.11 Å². The highest BCUT2D eigenvalue weighted by Gasteiger charge is 1.96. The van der Waals surface area contributed by atoms with E-state index in [1.807, 2.05) is 0 Å². The van der Waals surface area contributed by atoms with Crippen LogP contribution in [0.15, 0.2) is 12.4 Å². The molecule has 9 heavy (non-hydrogen) atoms. The summed E-state index contributed by atoms with van der Waals surface area (Å²) >= 11 is 0.